The summed E-state index contributed by atoms with van der Waals surface area (Å²) in [6.45, 7) is 2.56. The molecule has 2 aromatic rings. The maximum absolute atomic E-state index is 11.9. The van der Waals surface area contributed by atoms with Gasteiger partial charge in [0.25, 0.3) is 0 Å². The maximum Gasteiger partial charge on any atom is 0.242 e. The van der Waals surface area contributed by atoms with E-state index in [1.54, 1.807) is 29.6 Å². The molecule has 0 aromatic carbocycles. The minimum atomic E-state index is -0.215. The highest BCUT2D eigenvalue weighted by molar-refractivity contribution is 7.98. The van der Waals surface area contributed by atoms with Crippen LogP contribution in [0.5, 0.6) is 0 Å². The molecule has 0 saturated carbocycles. The van der Waals surface area contributed by atoms with Crippen LogP contribution in [-0.2, 0) is 10.5 Å². The van der Waals surface area contributed by atoms with Crippen LogP contribution in [-0.4, -0.2) is 27.8 Å². The van der Waals surface area contributed by atoms with Crippen molar-refractivity contribution in [3.8, 4) is 0 Å². The average molecular weight is 293 g/mol. The van der Waals surface area contributed by atoms with Crippen molar-refractivity contribution in [2.24, 2.45) is 0 Å². The number of imidazole rings is 1. The fourth-order valence-electron chi connectivity index (χ4n) is 1.73. The second kappa shape index (κ2) is 7.79. The lowest BCUT2D eigenvalue weighted by atomic mass is 10.3. The molecular weight excluding hydrogens is 274 g/mol. The SMILES string of the molecule is C[C@@H](C(=O)NCCCSCc1ccco1)n1ccnc1. The molecule has 0 saturated heterocycles. The first-order chi connectivity index (χ1) is 9.77. The van der Waals surface area contributed by atoms with E-state index in [2.05, 4.69) is 10.3 Å². The van der Waals surface area contributed by atoms with Gasteiger partial charge in [-0.2, -0.15) is 11.8 Å². The van der Waals surface area contributed by atoms with Gasteiger partial charge in [-0.3, -0.25) is 4.79 Å². The predicted octanol–water partition coefficient (Wildman–Crippen LogP) is 2.48. The minimum absolute atomic E-state index is 0.0269. The molecule has 0 radical (unpaired) electrons. The average Bonchev–Trinajstić information content (AvgIpc) is 3.13. The van der Waals surface area contributed by atoms with Crippen molar-refractivity contribution < 1.29 is 9.21 Å². The van der Waals surface area contributed by atoms with Crippen LogP contribution in [0.4, 0.5) is 0 Å². The third-order valence-corrected chi connectivity index (χ3v) is 4.01. The number of nitrogens with one attached hydrogen (secondary N) is 1. The number of aromatic nitrogens is 2. The Morgan fingerprint density at radius 1 is 1.60 bits per heavy atom. The second-order valence-corrected chi connectivity index (χ2v) is 5.57. The van der Waals surface area contributed by atoms with Crippen LogP contribution < -0.4 is 5.32 Å². The number of rotatable bonds is 8. The first-order valence-corrected chi connectivity index (χ1v) is 7.78. The number of amides is 1. The summed E-state index contributed by atoms with van der Waals surface area (Å²) in [6, 6.07) is 3.66. The Morgan fingerprint density at radius 3 is 3.20 bits per heavy atom. The van der Waals surface area contributed by atoms with Crippen molar-refractivity contribution in [3.63, 3.8) is 0 Å². The van der Waals surface area contributed by atoms with E-state index in [9.17, 15) is 4.79 Å². The molecule has 1 N–H and O–H groups in total. The van der Waals surface area contributed by atoms with Crippen molar-refractivity contribution in [2.75, 3.05) is 12.3 Å². The van der Waals surface area contributed by atoms with Crippen LogP contribution in [0.15, 0.2) is 41.5 Å². The van der Waals surface area contributed by atoms with E-state index in [0.29, 0.717) is 6.54 Å². The Labute approximate surface area is 122 Å². The van der Waals surface area contributed by atoms with Crippen molar-refractivity contribution in [1.82, 2.24) is 14.9 Å². The second-order valence-electron chi connectivity index (χ2n) is 4.46. The van der Waals surface area contributed by atoms with Gasteiger partial charge in [-0.25, -0.2) is 4.98 Å². The summed E-state index contributed by atoms with van der Waals surface area (Å²) < 4.78 is 7.04. The quantitative estimate of drug-likeness (QED) is 0.760. The molecule has 1 atom stereocenters. The lowest BCUT2D eigenvalue weighted by Gasteiger charge is -2.13. The summed E-state index contributed by atoms with van der Waals surface area (Å²) in [5, 5.41) is 2.94. The van der Waals surface area contributed by atoms with Crippen molar-refractivity contribution in [2.45, 2.75) is 25.1 Å². The van der Waals surface area contributed by atoms with E-state index in [-0.39, 0.29) is 11.9 Å². The smallest absolute Gasteiger partial charge is 0.242 e. The normalized spacial score (nSPS) is 12.2. The molecule has 5 nitrogen and oxygen atoms in total. The molecule has 0 aliphatic carbocycles. The molecule has 20 heavy (non-hydrogen) atoms. The number of hydrogen-bond acceptors (Lipinski definition) is 4. The molecular formula is C14H19N3O2S. The molecule has 2 heterocycles. The Balaban J connectivity index is 1.55. The van der Waals surface area contributed by atoms with Gasteiger partial charge >= 0.3 is 0 Å². The zero-order valence-electron chi connectivity index (χ0n) is 11.5. The first-order valence-electron chi connectivity index (χ1n) is 6.62. The van der Waals surface area contributed by atoms with E-state index in [4.69, 9.17) is 4.42 Å². The first kappa shape index (κ1) is 14.7. The van der Waals surface area contributed by atoms with Gasteiger partial charge in [-0.05, 0) is 31.2 Å². The van der Waals surface area contributed by atoms with Crippen LogP contribution in [0.2, 0.25) is 0 Å². The van der Waals surface area contributed by atoms with Crippen LogP contribution in [0.25, 0.3) is 0 Å². The van der Waals surface area contributed by atoms with Gasteiger partial charge in [0.2, 0.25) is 5.91 Å². The summed E-state index contributed by atoms with van der Waals surface area (Å²) in [6.07, 6.45) is 7.77. The number of thioether (sulfide) groups is 1. The molecule has 0 unspecified atom stereocenters. The standard InChI is InChI=1S/C14H19N3O2S/c1-12(17-7-6-15-11-17)14(18)16-5-3-9-20-10-13-4-2-8-19-13/h2,4,6-8,11-12H,3,5,9-10H2,1H3,(H,16,18)/t12-/m0/s1. The molecule has 0 fully saturated rings. The van der Waals surface area contributed by atoms with Crippen LogP contribution in [0.3, 0.4) is 0 Å². The van der Waals surface area contributed by atoms with Crippen LogP contribution >= 0.6 is 11.8 Å². The molecule has 0 aliphatic rings. The topological polar surface area (TPSA) is 60.1 Å². The molecule has 0 aliphatic heterocycles. The lowest BCUT2D eigenvalue weighted by molar-refractivity contribution is -0.123. The van der Waals surface area contributed by atoms with Crippen molar-refractivity contribution >= 4 is 17.7 Å². The highest BCUT2D eigenvalue weighted by Gasteiger charge is 2.12. The molecule has 2 aromatic heterocycles. The fraction of sp³-hybridized carbons (Fsp3) is 0.429. The third kappa shape index (κ3) is 4.45. The molecule has 6 heteroatoms. The Kier molecular flexibility index (Phi) is 5.73. The Morgan fingerprint density at radius 2 is 2.50 bits per heavy atom. The summed E-state index contributed by atoms with van der Waals surface area (Å²) in [5.41, 5.74) is 0. The zero-order valence-corrected chi connectivity index (χ0v) is 12.3. The van der Waals surface area contributed by atoms with Crippen molar-refractivity contribution in [3.05, 3.63) is 42.9 Å². The van der Waals surface area contributed by atoms with Gasteiger partial charge in [0.1, 0.15) is 11.8 Å². The van der Waals surface area contributed by atoms with Gasteiger partial charge in [0.15, 0.2) is 0 Å². The van der Waals surface area contributed by atoms with Gasteiger partial charge < -0.3 is 14.3 Å². The fourth-order valence-corrected chi connectivity index (χ4v) is 2.59. The number of carbonyl (C=O) groups is 1. The molecule has 2 rings (SSSR count). The van der Waals surface area contributed by atoms with Crippen molar-refractivity contribution in [1.29, 1.82) is 0 Å². The largest absolute Gasteiger partial charge is 0.468 e. The van der Waals surface area contributed by atoms with Gasteiger partial charge in [-0.1, -0.05) is 0 Å². The van der Waals surface area contributed by atoms with Gasteiger partial charge in [0, 0.05) is 18.9 Å². The zero-order chi connectivity index (χ0) is 14.2. The van der Waals surface area contributed by atoms with Gasteiger partial charge in [0.05, 0.1) is 18.3 Å². The molecule has 108 valence electrons. The molecule has 1 amide bonds. The highest BCUT2D eigenvalue weighted by atomic mass is 32.2. The summed E-state index contributed by atoms with van der Waals surface area (Å²) in [5.74, 6) is 2.90. The molecule has 0 spiro atoms. The van der Waals surface area contributed by atoms with Crippen LogP contribution in [0.1, 0.15) is 25.1 Å². The number of carbonyl (C=O) groups excluding carboxylic acids is 1. The minimum Gasteiger partial charge on any atom is -0.468 e. The Bertz CT molecular complexity index is 496. The van der Waals surface area contributed by atoms with E-state index in [1.165, 1.54) is 0 Å². The maximum atomic E-state index is 11.9. The van der Waals surface area contributed by atoms with Gasteiger partial charge in [-0.15, -0.1) is 0 Å². The Hall–Kier alpha value is -1.69. The van der Waals surface area contributed by atoms with Crippen LogP contribution in [0, 0.1) is 0 Å². The third-order valence-electron chi connectivity index (χ3n) is 2.94. The van der Waals surface area contributed by atoms with E-state index < -0.39 is 0 Å². The lowest BCUT2D eigenvalue weighted by Crippen LogP contribution is -2.31. The summed E-state index contributed by atoms with van der Waals surface area (Å²) in [7, 11) is 0. The molecule has 0 bridgehead atoms. The van der Waals surface area contributed by atoms with E-state index in [1.807, 2.05) is 30.8 Å². The number of furan rings is 1. The highest BCUT2D eigenvalue weighted by Crippen LogP contribution is 2.13. The number of hydrogen-bond donors (Lipinski definition) is 1. The summed E-state index contributed by atoms with van der Waals surface area (Å²) >= 11 is 1.81. The summed E-state index contributed by atoms with van der Waals surface area (Å²) in [4.78, 5) is 15.8. The van der Waals surface area contributed by atoms with E-state index >= 15 is 0 Å². The number of nitrogens with zero attached hydrogens (tertiary/aromatic N) is 2. The monoisotopic (exact) mass is 293 g/mol. The van der Waals surface area contributed by atoms with E-state index in [0.717, 1.165) is 23.7 Å². The predicted molar refractivity (Wildman–Crippen MR) is 79.4 cm³/mol.